The lowest BCUT2D eigenvalue weighted by Gasteiger charge is -2.32. The lowest BCUT2D eigenvalue weighted by molar-refractivity contribution is -0.580. The minimum Gasteiger partial charge on any atom is -0.710 e. The van der Waals surface area contributed by atoms with Crippen LogP contribution in [-0.2, 0) is 10.0 Å². The van der Waals surface area contributed by atoms with E-state index in [1.807, 2.05) is 25.1 Å². The van der Waals surface area contributed by atoms with E-state index in [0.717, 1.165) is 47.4 Å². The van der Waals surface area contributed by atoms with Gasteiger partial charge in [-0.15, -0.1) is 0 Å². The molecule has 0 aliphatic carbocycles. The average molecular weight is 350 g/mol. The number of fused-ring (bicyclic) bond motifs is 1. The van der Waals surface area contributed by atoms with E-state index >= 15 is 0 Å². The van der Waals surface area contributed by atoms with Crippen LogP contribution >= 0.6 is 0 Å². The van der Waals surface area contributed by atoms with Gasteiger partial charge < -0.3 is 10.1 Å². The number of hydrogen-bond donors (Lipinski definition) is 1. The summed E-state index contributed by atoms with van der Waals surface area (Å²) < 4.78 is 26.0. The van der Waals surface area contributed by atoms with E-state index in [1.165, 1.54) is 12.6 Å². The smallest absolute Gasteiger partial charge is 0.292 e. The van der Waals surface area contributed by atoms with Gasteiger partial charge in [-0.3, -0.25) is 0 Å². The molecule has 1 saturated heterocycles. The van der Waals surface area contributed by atoms with E-state index in [0.29, 0.717) is 12.1 Å². The Morgan fingerprint density at radius 3 is 3.00 bits per heavy atom. The van der Waals surface area contributed by atoms with Crippen LogP contribution in [0.4, 0.5) is 5.82 Å². The van der Waals surface area contributed by atoms with Crippen LogP contribution in [0.3, 0.4) is 0 Å². The normalized spacial score (nSPS) is 18.9. The standard InChI is InChI=1S/C16H22N4O3S/c1-12-5-6-15-14(8-12)16(17-11-20(15)21)19-7-3-4-13(10-19)9-18-24(2,22)23/h5-6,8,11,13,18H,3-4,7,9-10H2,1-2H3. The predicted octanol–water partition coefficient (Wildman–Crippen LogP) is 0.942. The predicted molar refractivity (Wildman–Crippen MR) is 93.2 cm³/mol. The summed E-state index contributed by atoms with van der Waals surface area (Å²) in [6.45, 7) is 4.00. The topological polar surface area (TPSA) is 89.2 Å². The van der Waals surface area contributed by atoms with Gasteiger partial charge in [-0.2, -0.15) is 0 Å². The zero-order valence-corrected chi connectivity index (χ0v) is 14.7. The number of sulfonamides is 1. The van der Waals surface area contributed by atoms with Gasteiger partial charge in [-0.25, -0.2) is 17.9 Å². The third kappa shape index (κ3) is 3.76. The van der Waals surface area contributed by atoms with Gasteiger partial charge in [0.05, 0.1) is 11.6 Å². The number of piperidine rings is 1. The Labute approximate surface area is 141 Å². The quantitative estimate of drug-likeness (QED) is 0.655. The van der Waals surface area contributed by atoms with Crippen molar-refractivity contribution in [1.29, 1.82) is 0 Å². The lowest BCUT2D eigenvalue weighted by Crippen LogP contribution is -2.41. The van der Waals surface area contributed by atoms with E-state index in [2.05, 4.69) is 14.6 Å². The zero-order chi connectivity index (χ0) is 17.3. The molecule has 7 nitrogen and oxygen atoms in total. The first-order valence-electron chi connectivity index (χ1n) is 8.01. The Kier molecular flexibility index (Phi) is 4.60. The molecule has 1 aliphatic heterocycles. The Hall–Kier alpha value is -1.93. The summed E-state index contributed by atoms with van der Waals surface area (Å²) in [5, 5.41) is 12.8. The highest BCUT2D eigenvalue weighted by atomic mass is 32.2. The Bertz CT molecular complexity index is 854. The van der Waals surface area contributed by atoms with E-state index in [9.17, 15) is 13.6 Å². The lowest BCUT2D eigenvalue weighted by atomic mass is 9.98. The van der Waals surface area contributed by atoms with Gasteiger partial charge in [0.25, 0.3) is 12.1 Å². The molecule has 1 atom stereocenters. The van der Waals surface area contributed by atoms with Gasteiger partial charge >= 0.3 is 0 Å². The summed E-state index contributed by atoms with van der Waals surface area (Å²) >= 11 is 0. The molecular formula is C16H22N4O3S. The average Bonchev–Trinajstić information content (AvgIpc) is 2.53. The number of anilines is 1. The van der Waals surface area contributed by atoms with Crippen LogP contribution in [0.5, 0.6) is 0 Å². The van der Waals surface area contributed by atoms with Crippen LogP contribution in [0.1, 0.15) is 18.4 Å². The van der Waals surface area contributed by atoms with Crippen molar-refractivity contribution in [3.05, 3.63) is 35.3 Å². The molecule has 1 N–H and O–H groups in total. The minimum absolute atomic E-state index is 0.231. The van der Waals surface area contributed by atoms with Crippen LogP contribution in [0.25, 0.3) is 10.9 Å². The molecule has 3 rings (SSSR count). The number of aryl methyl sites for hydroxylation is 1. The van der Waals surface area contributed by atoms with E-state index in [1.54, 1.807) is 0 Å². The van der Waals surface area contributed by atoms with Crippen molar-refractivity contribution < 1.29 is 13.1 Å². The molecule has 24 heavy (non-hydrogen) atoms. The third-order valence-electron chi connectivity index (χ3n) is 4.37. The molecule has 2 aromatic rings. The van der Waals surface area contributed by atoms with Gasteiger partial charge in [0.15, 0.2) is 0 Å². The molecule has 0 spiro atoms. The maximum Gasteiger partial charge on any atom is 0.292 e. The monoisotopic (exact) mass is 350 g/mol. The Morgan fingerprint density at radius 1 is 1.46 bits per heavy atom. The van der Waals surface area contributed by atoms with Crippen LogP contribution < -0.4 is 14.4 Å². The summed E-state index contributed by atoms with van der Waals surface area (Å²) in [5.74, 6) is 1.03. The van der Waals surface area contributed by atoms with E-state index in [-0.39, 0.29) is 5.92 Å². The Balaban J connectivity index is 1.87. The fourth-order valence-electron chi connectivity index (χ4n) is 3.21. The summed E-state index contributed by atoms with van der Waals surface area (Å²) in [6.07, 6.45) is 4.42. The van der Waals surface area contributed by atoms with Gasteiger partial charge in [-0.1, -0.05) is 6.07 Å². The van der Waals surface area contributed by atoms with Gasteiger partial charge in [-0.05, 0) is 48.4 Å². The van der Waals surface area contributed by atoms with Crippen molar-refractivity contribution in [2.45, 2.75) is 19.8 Å². The molecule has 1 aromatic heterocycles. The fourth-order valence-corrected chi connectivity index (χ4v) is 3.74. The molecule has 2 heterocycles. The van der Waals surface area contributed by atoms with Crippen molar-refractivity contribution in [3.63, 3.8) is 0 Å². The molecule has 1 aliphatic rings. The number of aromatic nitrogens is 2. The van der Waals surface area contributed by atoms with Gasteiger partial charge in [0.1, 0.15) is 5.52 Å². The highest BCUT2D eigenvalue weighted by Crippen LogP contribution is 2.27. The molecule has 1 aromatic carbocycles. The molecule has 1 fully saturated rings. The molecule has 0 radical (unpaired) electrons. The third-order valence-corrected chi connectivity index (χ3v) is 5.06. The minimum atomic E-state index is -3.18. The maximum atomic E-state index is 12.0. The van der Waals surface area contributed by atoms with Crippen molar-refractivity contribution in [1.82, 2.24) is 9.71 Å². The Morgan fingerprint density at radius 2 is 2.25 bits per heavy atom. The second kappa shape index (κ2) is 6.52. The van der Waals surface area contributed by atoms with Crippen molar-refractivity contribution in [2.75, 3.05) is 30.8 Å². The number of nitrogens with zero attached hydrogens (tertiary/aromatic N) is 3. The summed E-state index contributed by atoms with van der Waals surface area (Å²) in [6, 6.07) is 5.70. The van der Waals surface area contributed by atoms with Gasteiger partial charge in [0, 0.05) is 19.6 Å². The highest BCUT2D eigenvalue weighted by Gasteiger charge is 2.26. The number of rotatable bonds is 4. The second-order valence-electron chi connectivity index (χ2n) is 6.49. The van der Waals surface area contributed by atoms with Crippen LogP contribution in [0.15, 0.2) is 24.5 Å². The first-order chi connectivity index (χ1) is 11.3. The summed E-state index contributed by atoms with van der Waals surface area (Å²) in [7, 11) is -3.18. The van der Waals surface area contributed by atoms with Crippen molar-refractivity contribution in [3.8, 4) is 0 Å². The number of hydrogen-bond acceptors (Lipinski definition) is 5. The zero-order valence-electron chi connectivity index (χ0n) is 13.9. The van der Waals surface area contributed by atoms with Crippen LogP contribution in [0, 0.1) is 18.0 Å². The number of nitrogens with one attached hydrogen (secondary N) is 1. The first kappa shape index (κ1) is 16.9. The van der Waals surface area contributed by atoms with E-state index < -0.39 is 10.0 Å². The van der Waals surface area contributed by atoms with Crippen LogP contribution in [0.2, 0.25) is 0 Å². The maximum absolute atomic E-state index is 12.0. The first-order valence-corrected chi connectivity index (χ1v) is 9.91. The molecule has 1 unspecified atom stereocenters. The molecule has 130 valence electrons. The molecule has 8 heteroatoms. The van der Waals surface area contributed by atoms with Crippen LogP contribution in [-0.4, -0.2) is 39.3 Å². The molecule has 0 saturated carbocycles. The second-order valence-corrected chi connectivity index (χ2v) is 8.32. The SMILES string of the molecule is Cc1ccc2c(c1)c(N1CCCC(CNS(C)(=O)=O)C1)nc[n+]2[O-]. The number of benzene rings is 1. The van der Waals surface area contributed by atoms with Crippen molar-refractivity contribution in [2.24, 2.45) is 5.92 Å². The highest BCUT2D eigenvalue weighted by molar-refractivity contribution is 7.88. The van der Waals surface area contributed by atoms with E-state index in [4.69, 9.17) is 0 Å². The molecule has 0 amide bonds. The largest absolute Gasteiger partial charge is 0.710 e. The molecule has 0 bridgehead atoms. The molecular weight excluding hydrogens is 328 g/mol. The van der Waals surface area contributed by atoms with Gasteiger partial charge in [0.2, 0.25) is 10.0 Å². The fraction of sp³-hybridized carbons (Fsp3) is 0.500. The summed E-state index contributed by atoms with van der Waals surface area (Å²) in [4.78, 5) is 6.50. The van der Waals surface area contributed by atoms with Crippen molar-refractivity contribution >= 4 is 26.7 Å². The summed E-state index contributed by atoms with van der Waals surface area (Å²) in [5.41, 5.74) is 1.67.